The molecule has 0 saturated carbocycles. The number of aryl methyl sites for hydroxylation is 2. The lowest BCUT2D eigenvalue weighted by Gasteiger charge is -2.31. The normalized spacial score (nSPS) is 15.2. The molecule has 1 aromatic carbocycles. The second kappa shape index (κ2) is 5.02. The lowest BCUT2D eigenvalue weighted by atomic mass is 9.99. The Labute approximate surface area is 101 Å². The fourth-order valence-corrected chi connectivity index (χ4v) is 2.54. The molecule has 0 amide bonds. The van der Waals surface area contributed by atoms with Crippen molar-refractivity contribution >= 4 is 21.6 Å². The standard InChI is InChI=1S/C13H18BrN/c1-11-5-6-13-12(10-11)4-2-8-15(13)9-3-7-14/h5-6,10H,2-4,7-9H2,1H3. The quantitative estimate of drug-likeness (QED) is 0.758. The molecule has 1 nitrogen and oxygen atoms in total. The Morgan fingerprint density at radius 1 is 1.40 bits per heavy atom. The smallest absolute Gasteiger partial charge is 0.0398 e. The summed E-state index contributed by atoms with van der Waals surface area (Å²) in [5.41, 5.74) is 4.39. The van der Waals surface area contributed by atoms with Crippen LogP contribution in [0.2, 0.25) is 0 Å². The number of benzene rings is 1. The van der Waals surface area contributed by atoms with E-state index in [1.54, 1.807) is 0 Å². The van der Waals surface area contributed by atoms with Crippen molar-refractivity contribution in [3.05, 3.63) is 29.3 Å². The molecule has 0 spiro atoms. The molecule has 0 bridgehead atoms. The van der Waals surface area contributed by atoms with E-state index in [2.05, 4.69) is 46.0 Å². The summed E-state index contributed by atoms with van der Waals surface area (Å²) in [7, 11) is 0. The fourth-order valence-electron chi connectivity index (χ4n) is 2.29. The lowest BCUT2D eigenvalue weighted by molar-refractivity contribution is 0.683. The van der Waals surface area contributed by atoms with Crippen LogP contribution in [-0.4, -0.2) is 18.4 Å². The lowest BCUT2D eigenvalue weighted by Crippen LogP contribution is -2.30. The van der Waals surface area contributed by atoms with Crippen LogP contribution in [0.15, 0.2) is 18.2 Å². The van der Waals surface area contributed by atoms with Gasteiger partial charge in [0.25, 0.3) is 0 Å². The number of hydrogen-bond acceptors (Lipinski definition) is 1. The molecule has 0 aromatic heterocycles. The predicted octanol–water partition coefficient (Wildman–Crippen LogP) is 3.53. The first-order chi connectivity index (χ1) is 7.31. The summed E-state index contributed by atoms with van der Waals surface area (Å²) in [5.74, 6) is 0. The Hall–Kier alpha value is -0.500. The summed E-state index contributed by atoms with van der Waals surface area (Å²) in [6, 6.07) is 6.86. The number of nitrogens with zero attached hydrogens (tertiary/aromatic N) is 1. The van der Waals surface area contributed by atoms with Gasteiger partial charge in [0.15, 0.2) is 0 Å². The molecule has 0 fully saturated rings. The summed E-state index contributed by atoms with van der Waals surface area (Å²) in [5, 5.41) is 1.10. The van der Waals surface area contributed by atoms with Gasteiger partial charge in [-0.1, -0.05) is 33.6 Å². The molecule has 1 aliphatic rings. The first-order valence-electron chi connectivity index (χ1n) is 5.71. The molecule has 1 aliphatic heterocycles. The molecule has 0 unspecified atom stereocenters. The minimum Gasteiger partial charge on any atom is -0.371 e. The molecular formula is C13H18BrN. The van der Waals surface area contributed by atoms with Crippen LogP contribution in [0.25, 0.3) is 0 Å². The minimum absolute atomic E-state index is 1.10. The van der Waals surface area contributed by atoms with Crippen molar-refractivity contribution in [3.63, 3.8) is 0 Å². The molecule has 82 valence electrons. The van der Waals surface area contributed by atoms with Crippen molar-refractivity contribution in [2.24, 2.45) is 0 Å². The summed E-state index contributed by atoms with van der Waals surface area (Å²) >= 11 is 3.50. The molecule has 0 atom stereocenters. The second-order valence-electron chi connectivity index (χ2n) is 4.27. The number of fused-ring (bicyclic) bond motifs is 1. The van der Waals surface area contributed by atoms with Crippen LogP contribution < -0.4 is 4.90 Å². The van der Waals surface area contributed by atoms with Crippen LogP contribution >= 0.6 is 15.9 Å². The van der Waals surface area contributed by atoms with Gasteiger partial charge in [-0.15, -0.1) is 0 Å². The van der Waals surface area contributed by atoms with E-state index >= 15 is 0 Å². The maximum absolute atomic E-state index is 3.50. The second-order valence-corrected chi connectivity index (χ2v) is 5.06. The fraction of sp³-hybridized carbons (Fsp3) is 0.538. The van der Waals surface area contributed by atoms with Gasteiger partial charge in [-0.05, 0) is 37.8 Å². The average molecular weight is 268 g/mol. The zero-order valence-electron chi connectivity index (χ0n) is 9.30. The topological polar surface area (TPSA) is 3.24 Å². The van der Waals surface area contributed by atoms with Crippen molar-refractivity contribution in [2.75, 3.05) is 23.3 Å². The van der Waals surface area contributed by atoms with Gasteiger partial charge in [0.2, 0.25) is 0 Å². The van der Waals surface area contributed by atoms with E-state index in [0.717, 1.165) is 5.33 Å². The van der Waals surface area contributed by atoms with Gasteiger partial charge in [-0.3, -0.25) is 0 Å². The highest BCUT2D eigenvalue weighted by atomic mass is 79.9. The van der Waals surface area contributed by atoms with E-state index in [1.165, 1.54) is 49.2 Å². The third kappa shape index (κ3) is 2.54. The Balaban J connectivity index is 2.18. The van der Waals surface area contributed by atoms with Crippen LogP contribution in [0, 0.1) is 6.92 Å². The summed E-state index contributed by atoms with van der Waals surface area (Å²) in [6.45, 7) is 4.59. The van der Waals surface area contributed by atoms with Crippen molar-refractivity contribution in [3.8, 4) is 0 Å². The third-order valence-corrected chi connectivity index (χ3v) is 3.57. The molecule has 1 aromatic rings. The number of halogens is 1. The predicted molar refractivity (Wildman–Crippen MR) is 70.1 cm³/mol. The van der Waals surface area contributed by atoms with E-state index in [0.29, 0.717) is 0 Å². The largest absolute Gasteiger partial charge is 0.371 e. The number of hydrogen-bond donors (Lipinski definition) is 0. The van der Waals surface area contributed by atoms with E-state index in [4.69, 9.17) is 0 Å². The van der Waals surface area contributed by atoms with Gasteiger partial charge in [0.1, 0.15) is 0 Å². The summed E-state index contributed by atoms with van der Waals surface area (Å²) < 4.78 is 0. The van der Waals surface area contributed by atoms with Crippen LogP contribution in [0.4, 0.5) is 5.69 Å². The highest BCUT2D eigenvalue weighted by Gasteiger charge is 2.15. The minimum atomic E-state index is 1.10. The van der Waals surface area contributed by atoms with Crippen LogP contribution in [0.3, 0.4) is 0 Å². The highest BCUT2D eigenvalue weighted by Crippen LogP contribution is 2.27. The van der Waals surface area contributed by atoms with Crippen LogP contribution in [0.5, 0.6) is 0 Å². The van der Waals surface area contributed by atoms with Gasteiger partial charge in [-0.25, -0.2) is 0 Å². The zero-order valence-corrected chi connectivity index (χ0v) is 10.9. The Morgan fingerprint density at radius 2 is 2.27 bits per heavy atom. The molecule has 1 heterocycles. The zero-order chi connectivity index (χ0) is 10.7. The average Bonchev–Trinajstić information content (AvgIpc) is 2.25. The van der Waals surface area contributed by atoms with E-state index in [9.17, 15) is 0 Å². The van der Waals surface area contributed by atoms with Crippen molar-refractivity contribution in [1.29, 1.82) is 0 Å². The Bertz CT molecular complexity index is 335. The molecular weight excluding hydrogens is 250 g/mol. The van der Waals surface area contributed by atoms with Crippen LogP contribution in [0.1, 0.15) is 24.0 Å². The van der Waals surface area contributed by atoms with E-state index in [1.807, 2.05) is 0 Å². The molecule has 0 saturated heterocycles. The monoisotopic (exact) mass is 267 g/mol. The van der Waals surface area contributed by atoms with Gasteiger partial charge in [0, 0.05) is 24.1 Å². The highest BCUT2D eigenvalue weighted by molar-refractivity contribution is 9.09. The van der Waals surface area contributed by atoms with E-state index in [-0.39, 0.29) is 0 Å². The molecule has 0 radical (unpaired) electrons. The summed E-state index contributed by atoms with van der Waals surface area (Å²) in [4.78, 5) is 2.53. The number of rotatable bonds is 3. The van der Waals surface area contributed by atoms with Crippen molar-refractivity contribution in [1.82, 2.24) is 0 Å². The van der Waals surface area contributed by atoms with Gasteiger partial charge in [0.05, 0.1) is 0 Å². The molecule has 2 rings (SSSR count). The molecule has 0 N–H and O–H groups in total. The Morgan fingerprint density at radius 3 is 3.07 bits per heavy atom. The van der Waals surface area contributed by atoms with Crippen LogP contribution in [-0.2, 0) is 6.42 Å². The molecule has 2 heteroatoms. The van der Waals surface area contributed by atoms with Gasteiger partial charge >= 0.3 is 0 Å². The SMILES string of the molecule is Cc1ccc2c(c1)CCCN2CCCBr. The molecule has 0 aliphatic carbocycles. The van der Waals surface area contributed by atoms with Crippen molar-refractivity contribution < 1.29 is 0 Å². The first kappa shape index (κ1) is 11.0. The van der Waals surface area contributed by atoms with E-state index < -0.39 is 0 Å². The van der Waals surface area contributed by atoms with Gasteiger partial charge < -0.3 is 4.90 Å². The molecule has 15 heavy (non-hydrogen) atoms. The first-order valence-corrected chi connectivity index (χ1v) is 6.84. The maximum atomic E-state index is 3.50. The maximum Gasteiger partial charge on any atom is 0.0398 e. The number of alkyl halides is 1. The van der Waals surface area contributed by atoms with Crippen molar-refractivity contribution in [2.45, 2.75) is 26.2 Å². The third-order valence-electron chi connectivity index (χ3n) is 3.01. The summed E-state index contributed by atoms with van der Waals surface area (Å²) in [6.07, 6.45) is 3.79. The van der Waals surface area contributed by atoms with Gasteiger partial charge in [-0.2, -0.15) is 0 Å². The Kier molecular flexibility index (Phi) is 3.68. The number of anilines is 1.